The van der Waals surface area contributed by atoms with Gasteiger partial charge in [0, 0.05) is 24.5 Å². The molecular formula is C25H28N2O3. The number of hydrogen-bond acceptors (Lipinski definition) is 4. The normalized spacial score (nSPS) is 14.0. The van der Waals surface area contributed by atoms with Crippen LogP contribution in [0.2, 0.25) is 0 Å². The second kappa shape index (κ2) is 10.1. The van der Waals surface area contributed by atoms with E-state index in [1.165, 1.54) is 32.0 Å². The van der Waals surface area contributed by atoms with Crippen molar-refractivity contribution < 1.29 is 9.47 Å². The van der Waals surface area contributed by atoms with Gasteiger partial charge in [0.05, 0.1) is 12.8 Å². The maximum absolute atomic E-state index is 12.2. The zero-order valence-corrected chi connectivity index (χ0v) is 17.2. The minimum Gasteiger partial charge on any atom is -0.494 e. The van der Waals surface area contributed by atoms with E-state index >= 15 is 0 Å². The van der Waals surface area contributed by atoms with Crippen molar-refractivity contribution in [2.24, 2.45) is 0 Å². The minimum atomic E-state index is -0.125. The molecule has 0 N–H and O–H groups in total. The van der Waals surface area contributed by atoms with Gasteiger partial charge in [0.2, 0.25) is 5.43 Å². The molecule has 1 aromatic heterocycles. The highest BCUT2D eigenvalue weighted by atomic mass is 16.5. The third-order valence-electron chi connectivity index (χ3n) is 5.34. The zero-order chi connectivity index (χ0) is 20.6. The number of hydrogen-bond donors (Lipinski definition) is 0. The third-order valence-corrected chi connectivity index (χ3v) is 5.34. The van der Waals surface area contributed by atoms with Gasteiger partial charge >= 0.3 is 0 Å². The van der Waals surface area contributed by atoms with Gasteiger partial charge in [-0.15, -0.1) is 0 Å². The number of aromatic nitrogens is 1. The molecule has 0 radical (unpaired) electrons. The fourth-order valence-corrected chi connectivity index (χ4v) is 3.67. The van der Waals surface area contributed by atoms with E-state index in [1.807, 2.05) is 59.2 Å². The Balaban J connectivity index is 1.33. The Hall–Kier alpha value is -3.05. The molecular weight excluding hydrogens is 376 g/mol. The molecule has 3 aromatic rings. The Bertz CT molecular complexity index is 977. The Kier molecular flexibility index (Phi) is 6.83. The van der Waals surface area contributed by atoms with Crippen molar-refractivity contribution in [1.29, 1.82) is 0 Å². The number of ether oxygens (including phenoxy) is 2. The smallest absolute Gasteiger partial charge is 0.223 e. The Morgan fingerprint density at radius 2 is 1.63 bits per heavy atom. The maximum Gasteiger partial charge on any atom is 0.223 e. The van der Waals surface area contributed by atoms with Crippen LogP contribution in [0.3, 0.4) is 0 Å². The summed E-state index contributed by atoms with van der Waals surface area (Å²) in [6, 6.07) is 19.3. The van der Waals surface area contributed by atoms with Crippen LogP contribution >= 0.6 is 0 Å². The molecule has 0 atom stereocenters. The maximum atomic E-state index is 12.2. The predicted molar refractivity (Wildman–Crippen MR) is 119 cm³/mol. The summed E-state index contributed by atoms with van der Waals surface area (Å²) >= 11 is 0. The summed E-state index contributed by atoms with van der Waals surface area (Å²) in [4.78, 5) is 14.7. The molecule has 2 aromatic carbocycles. The van der Waals surface area contributed by atoms with Gasteiger partial charge in [-0.1, -0.05) is 30.3 Å². The summed E-state index contributed by atoms with van der Waals surface area (Å²) < 4.78 is 13.5. The first-order chi connectivity index (χ1) is 14.8. The first-order valence-electron chi connectivity index (χ1n) is 10.6. The largest absolute Gasteiger partial charge is 0.494 e. The number of likely N-dealkylation sites (tertiary alicyclic amines) is 1. The lowest BCUT2D eigenvalue weighted by Gasteiger charge is -2.14. The average Bonchev–Trinajstić information content (AvgIpc) is 3.31. The van der Waals surface area contributed by atoms with Crippen molar-refractivity contribution >= 4 is 0 Å². The zero-order valence-electron chi connectivity index (χ0n) is 17.2. The van der Waals surface area contributed by atoms with Gasteiger partial charge in [-0.25, -0.2) is 0 Å². The van der Waals surface area contributed by atoms with Crippen LogP contribution in [0.1, 0.15) is 24.8 Å². The molecule has 0 aliphatic carbocycles. The fraction of sp³-hybridized carbons (Fsp3) is 0.320. The van der Waals surface area contributed by atoms with E-state index in [9.17, 15) is 4.79 Å². The monoisotopic (exact) mass is 404 g/mol. The van der Waals surface area contributed by atoms with Crippen LogP contribution in [0.4, 0.5) is 0 Å². The van der Waals surface area contributed by atoms with Gasteiger partial charge in [0.15, 0.2) is 5.75 Å². The minimum absolute atomic E-state index is 0.125. The van der Waals surface area contributed by atoms with Gasteiger partial charge in [0.1, 0.15) is 12.4 Å². The molecule has 0 spiro atoms. The number of nitrogens with zero attached hydrogens (tertiary/aromatic N) is 2. The van der Waals surface area contributed by atoms with Crippen molar-refractivity contribution in [3.05, 3.63) is 88.8 Å². The predicted octanol–water partition coefficient (Wildman–Crippen LogP) is 4.28. The lowest BCUT2D eigenvalue weighted by atomic mass is 10.2. The van der Waals surface area contributed by atoms with E-state index in [1.54, 1.807) is 12.4 Å². The van der Waals surface area contributed by atoms with E-state index in [0.29, 0.717) is 12.4 Å². The molecule has 0 saturated carbocycles. The molecule has 1 fully saturated rings. The number of pyridine rings is 1. The van der Waals surface area contributed by atoms with Gasteiger partial charge in [-0.2, -0.15) is 0 Å². The molecule has 5 heteroatoms. The summed E-state index contributed by atoms with van der Waals surface area (Å²) in [5, 5.41) is 0. The summed E-state index contributed by atoms with van der Waals surface area (Å²) in [6.07, 6.45) is 7.18. The third kappa shape index (κ3) is 5.51. The molecule has 4 rings (SSSR count). The second-order valence-electron chi connectivity index (χ2n) is 7.60. The topological polar surface area (TPSA) is 43.7 Å². The van der Waals surface area contributed by atoms with Crippen LogP contribution in [0.25, 0.3) is 5.69 Å². The van der Waals surface area contributed by atoms with Gasteiger partial charge in [-0.05, 0) is 62.2 Å². The summed E-state index contributed by atoms with van der Waals surface area (Å²) in [5.74, 6) is 1.20. The van der Waals surface area contributed by atoms with Crippen LogP contribution in [-0.4, -0.2) is 35.7 Å². The van der Waals surface area contributed by atoms with Gasteiger partial charge in [-0.3, -0.25) is 4.79 Å². The standard InChI is InChI=1S/C25H28N2O3/c28-24-13-17-27(19-25(24)30-20-21-7-2-1-3-8-21)22-9-11-23(12-10-22)29-18-6-16-26-14-4-5-15-26/h1-3,7-13,17,19H,4-6,14-16,18,20H2. The van der Waals surface area contributed by atoms with Crippen LogP contribution < -0.4 is 14.9 Å². The highest BCUT2D eigenvalue weighted by Crippen LogP contribution is 2.17. The van der Waals surface area contributed by atoms with Crippen LogP contribution in [-0.2, 0) is 6.61 Å². The summed E-state index contributed by atoms with van der Waals surface area (Å²) in [7, 11) is 0. The SMILES string of the molecule is O=c1ccn(-c2ccc(OCCCN3CCCC3)cc2)cc1OCc1ccccc1. The molecule has 0 unspecified atom stereocenters. The molecule has 1 saturated heterocycles. The molecule has 0 bridgehead atoms. The molecule has 30 heavy (non-hydrogen) atoms. The first kappa shape index (κ1) is 20.2. The van der Waals surface area contributed by atoms with Crippen LogP contribution in [0, 0.1) is 0 Å². The van der Waals surface area contributed by atoms with Crippen molar-refractivity contribution in [3.63, 3.8) is 0 Å². The number of rotatable bonds is 9. The lowest BCUT2D eigenvalue weighted by Crippen LogP contribution is -2.21. The molecule has 156 valence electrons. The van der Waals surface area contributed by atoms with Crippen molar-refractivity contribution in [2.75, 3.05) is 26.2 Å². The quantitative estimate of drug-likeness (QED) is 0.499. The Morgan fingerprint density at radius 3 is 2.40 bits per heavy atom. The average molecular weight is 405 g/mol. The molecule has 5 nitrogen and oxygen atoms in total. The summed E-state index contributed by atoms with van der Waals surface area (Å²) in [5.41, 5.74) is 1.85. The fourth-order valence-electron chi connectivity index (χ4n) is 3.67. The highest BCUT2D eigenvalue weighted by molar-refractivity contribution is 5.39. The van der Waals surface area contributed by atoms with E-state index < -0.39 is 0 Å². The van der Waals surface area contributed by atoms with E-state index in [-0.39, 0.29) is 5.43 Å². The second-order valence-corrected chi connectivity index (χ2v) is 7.60. The Morgan fingerprint density at radius 1 is 0.867 bits per heavy atom. The van der Waals surface area contributed by atoms with Crippen LogP contribution in [0.15, 0.2) is 77.9 Å². The molecule has 1 aliphatic rings. The van der Waals surface area contributed by atoms with E-state index in [0.717, 1.165) is 36.6 Å². The number of benzene rings is 2. The highest BCUT2D eigenvalue weighted by Gasteiger charge is 2.10. The molecule has 1 aliphatic heterocycles. The molecule has 2 heterocycles. The van der Waals surface area contributed by atoms with Crippen molar-refractivity contribution in [3.8, 4) is 17.2 Å². The summed E-state index contributed by atoms with van der Waals surface area (Å²) in [6.45, 7) is 4.66. The van der Waals surface area contributed by atoms with Crippen LogP contribution in [0.5, 0.6) is 11.5 Å². The first-order valence-corrected chi connectivity index (χ1v) is 10.6. The molecule has 0 amide bonds. The van der Waals surface area contributed by atoms with Gasteiger partial charge in [0.25, 0.3) is 0 Å². The van der Waals surface area contributed by atoms with E-state index in [4.69, 9.17) is 9.47 Å². The van der Waals surface area contributed by atoms with E-state index in [2.05, 4.69) is 4.90 Å². The van der Waals surface area contributed by atoms with Gasteiger partial charge < -0.3 is 18.9 Å². The van der Waals surface area contributed by atoms with Crippen molar-refractivity contribution in [1.82, 2.24) is 9.47 Å². The lowest BCUT2D eigenvalue weighted by molar-refractivity contribution is 0.263. The Labute approximate surface area is 177 Å². The van der Waals surface area contributed by atoms with Crippen molar-refractivity contribution in [2.45, 2.75) is 25.9 Å².